The molecule has 0 radical (unpaired) electrons. The van der Waals surface area contributed by atoms with Gasteiger partial charge in [0.25, 0.3) is 0 Å². The number of nitrogens with zero attached hydrogens (tertiary/aromatic N) is 2. The number of likely N-dealkylation sites (tertiary alicyclic amines) is 1. The Morgan fingerprint density at radius 3 is 2.62 bits per heavy atom. The summed E-state index contributed by atoms with van der Waals surface area (Å²) in [6.45, 7) is 0.709. The number of hydrogen-bond acceptors (Lipinski definition) is 3. The van der Waals surface area contributed by atoms with Crippen LogP contribution in [0, 0.1) is 11.3 Å². The number of carbonyl (C=O) groups excluding carboxylic acids is 1. The first kappa shape index (κ1) is 16.2. The summed E-state index contributed by atoms with van der Waals surface area (Å²) in [5, 5.41) is 9.19. The summed E-state index contributed by atoms with van der Waals surface area (Å²) >= 11 is 0. The second-order valence-corrected chi connectivity index (χ2v) is 6.03. The van der Waals surface area contributed by atoms with E-state index in [0.717, 1.165) is 16.7 Å². The lowest BCUT2D eigenvalue weighted by molar-refractivity contribution is -0.122. The maximum atomic E-state index is 13.6. The molecule has 0 spiro atoms. The molecule has 4 nitrogen and oxygen atoms in total. The monoisotopic (exact) mass is 323 g/mol. The van der Waals surface area contributed by atoms with E-state index >= 15 is 0 Å². The normalized spacial score (nSPS) is 20.7. The van der Waals surface area contributed by atoms with E-state index in [1.807, 2.05) is 42.5 Å². The lowest BCUT2D eigenvalue weighted by Crippen LogP contribution is -2.39. The van der Waals surface area contributed by atoms with Gasteiger partial charge in [-0.15, -0.1) is 0 Å². The molecule has 0 aliphatic carbocycles. The zero-order valence-corrected chi connectivity index (χ0v) is 13.2. The Kier molecular flexibility index (Phi) is 4.59. The summed E-state index contributed by atoms with van der Waals surface area (Å²) in [5.74, 6) is -0.477. The number of hydrogen-bond donors (Lipinski definition) is 1. The highest BCUT2D eigenvalue weighted by Crippen LogP contribution is 2.26. The minimum Gasteiger partial charge on any atom is -0.368 e. The predicted molar refractivity (Wildman–Crippen MR) is 89.5 cm³/mol. The molecular formula is C19H18FN3O. The van der Waals surface area contributed by atoms with Gasteiger partial charge < -0.3 is 5.73 Å². The quantitative estimate of drug-likeness (QED) is 0.940. The first-order valence-corrected chi connectivity index (χ1v) is 7.84. The van der Waals surface area contributed by atoms with E-state index in [1.165, 1.54) is 0 Å². The third-order valence-corrected chi connectivity index (χ3v) is 4.38. The number of alkyl halides is 1. The van der Waals surface area contributed by atoms with Crippen molar-refractivity contribution in [3.05, 3.63) is 59.7 Å². The number of primary amides is 1. The van der Waals surface area contributed by atoms with Gasteiger partial charge in [0.1, 0.15) is 6.17 Å². The van der Waals surface area contributed by atoms with E-state index in [2.05, 4.69) is 6.07 Å². The van der Waals surface area contributed by atoms with E-state index < -0.39 is 18.1 Å². The van der Waals surface area contributed by atoms with E-state index in [9.17, 15) is 14.4 Å². The molecule has 1 aliphatic heterocycles. The fourth-order valence-corrected chi connectivity index (χ4v) is 3.17. The molecular weight excluding hydrogens is 305 g/mol. The van der Waals surface area contributed by atoms with Gasteiger partial charge in [-0.2, -0.15) is 5.26 Å². The molecule has 0 unspecified atom stereocenters. The zero-order valence-electron chi connectivity index (χ0n) is 13.2. The summed E-state index contributed by atoms with van der Waals surface area (Å²) in [6.07, 6.45) is -0.840. The van der Waals surface area contributed by atoms with E-state index in [0.29, 0.717) is 12.1 Å². The molecule has 0 saturated carbocycles. The molecule has 2 aromatic carbocycles. The Bertz CT molecular complexity index is 782. The Morgan fingerprint density at radius 1 is 1.25 bits per heavy atom. The van der Waals surface area contributed by atoms with Crippen molar-refractivity contribution in [2.75, 3.05) is 6.54 Å². The van der Waals surface area contributed by atoms with Crippen molar-refractivity contribution in [3.8, 4) is 17.2 Å². The number of halogens is 1. The molecule has 1 amide bonds. The predicted octanol–water partition coefficient (Wildman–Crippen LogP) is 2.62. The molecule has 0 bridgehead atoms. The standard InChI is InChI=1S/C19H18FN3O/c20-16-9-18(19(22)24)23(12-16)11-13-5-7-14(8-6-13)17-4-2-1-3-15(17)10-21/h1-8,16,18H,9,11-12H2,(H2,22,24)/t16-,18+/m1/s1. The summed E-state index contributed by atoms with van der Waals surface area (Å²) in [5.41, 5.74) is 8.79. The average molecular weight is 323 g/mol. The van der Waals surface area contributed by atoms with Crippen molar-refractivity contribution < 1.29 is 9.18 Å². The van der Waals surface area contributed by atoms with Gasteiger partial charge in [0, 0.05) is 19.5 Å². The highest BCUT2D eigenvalue weighted by molar-refractivity contribution is 5.80. The smallest absolute Gasteiger partial charge is 0.234 e. The number of nitriles is 1. The third kappa shape index (κ3) is 3.29. The van der Waals surface area contributed by atoms with Crippen molar-refractivity contribution in [3.63, 3.8) is 0 Å². The largest absolute Gasteiger partial charge is 0.368 e. The van der Waals surface area contributed by atoms with Gasteiger partial charge in [0.15, 0.2) is 0 Å². The second-order valence-electron chi connectivity index (χ2n) is 6.03. The molecule has 5 heteroatoms. The van der Waals surface area contributed by atoms with Gasteiger partial charge in [-0.1, -0.05) is 42.5 Å². The number of amides is 1. The molecule has 24 heavy (non-hydrogen) atoms. The van der Waals surface area contributed by atoms with Crippen LogP contribution in [0.4, 0.5) is 4.39 Å². The van der Waals surface area contributed by atoms with Crippen molar-refractivity contribution >= 4 is 5.91 Å². The molecule has 1 fully saturated rings. The van der Waals surface area contributed by atoms with Gasteiger partial charge >= 0.3 is 0 Å². The summed E-state index contributed by atoms with van der Waals surface area (Å²) in [7, 11) is 0. The average Bonchev–Trinajstić information content (AvgIpc) is 2.96. The van der Waals surface area contributed by atoms with Crippen LogP contribution in [0.1, 0.15) is 17.5 Å². The summed E-state index contributed by atoms with van der Waals surface area (Å²) < 4.78 is 13.6. The highest BCUT2D eigenvalue weighted by Gasteiger charge is 2.35. The molecule has 2 aromatic rings. The van der Waals surface area contributed by atoms with Crippen LogP contribution in [-0.4, -0.2) is 29.6 Å². The van der Waals surface area contributed by atoms with E-state index in [-0.39, 0.29) is 13.0 Å². The van der Waals surface area contributed by atoms with Crippen LogP contribution in [0.3, 0.4) is 0 Å². The minimum absolute atomic E-state index is 0.170. The highest BCUT2D eigenvalue weighted by atomic mass is 19.1. The van der Waals surface area contributed by atoms with Gasteiger partial charge in [-0.3, -0.25) is 9.69 Å². The Hall–Kier alpha value is -2.71. The minimum atomic E-state index is -1.01. The molecule has 2 N–H and O–H groups in total. The molecule has 1 heterocycles. The second kappa shape index (κ2) is 6.81. The van der Waals surface area contributed by atoms with Gasteiger partial charge in [0.05, 0.1) is 17.7 Å². The fraction of sp³-hybridized carbons (Fsp3) is 0.263. The zero-order chi connectivity index (χ0) is 17.1. The summed E-state index contributed by atoms with van der Waals surface area (Å²) in [4.78, 5) is 13.2. The molecule has 2 atom stereocenters. The Labute approximate surface area is 140 Å². The first-order chi connectivity index (χ1) is 11.6. The molecule has 1 aliphatic rings. The van der Waals surface area contributed by atoms with Crippen LogP contribution >= 0.6 is 0 Å². The first-order valence-electron chi connectivity index (χ1n) is 7.84. The van der Waals surface area contributed by atoms with E-state index in [4.69, 9.17) is 5.73 Å². The summed E-state index contributed by atoms with van der Waals surface area (Å²) in [6, 6.07) is 16.8. The van der Waals surface area contributed by atoms with E-state index in [1.54, 1.807) is 11.0 Å². The van der Waals surface area contributed by atoms with Gasteiger partial charge in [-0.05, 0) is 22.8 Å². The van der Waals surface area contributed by atoms with Crippen LogP contribution in [0.5, 0.6) is 0 Å². The van der Waals surface area contributed by atoms with Gasteiger partial charge in [0.2, 0.25) is 5.91 Å². The number of carbonyl (C=O) groups is 1. The Morgan fingerprint density at radius 2 is 1.96 bits per heavy atom. The lowest BCUT2D eigenvalue weighted by atomic mass is 9.99. The Balaban J connectivity index is 1.78. The van der Waals surface area contributed by atoms with Crippen LogP contribution < -0.4 is 5.73 Å². The van der Waals surface area contributed by atoms with Crippen LogP contribution in [0.2, 0.25) is 0 Å². The fourth-order valence-electron chi connectivity index (χ4n) is 3.17. The van der Waals surface area contributed by atoms with Crippen molar-refractivity contribution in [2.45, 2.75) is 25.2 Å². The molecule has 0 aromatic heterocycles. The number of rotatable bonds is 4. The third-order valence-electron chi connectivity index (χ3n) is 4.38. The number of benzene rings is 2. The molecule has 1 saturated heterocycles. The molecule has 122 valence electrons. The van der Waals surface area contributed by atoms with Crippen molar-refractivity contribution in [1.82, 2.24) is 4.90 Å². The maximum Gasteiger partial charge on any atom is 0.234 e. The van der Waals surface area contributed by atoms with Crippen LogP contribution in [0.25, 0.3) is 11.1 Å². The number of nitrogens with two attached hydrogens (primary N) is 1. The SMILES string of the molecule is N#Cc1ccccc1-c1ccc(CN2C[C@H](F)C[C@H]2C(N)=O)cc1. The van der Waals surface area contributed by atoms with Crippen LogP contribution in [0.15, 0.2) is 48.5 Å². The van der Waals surface area contributed by atoms with Gasteiger partial charge in [-0.25, -0.2) is 4.39 Å². The van der Waals surface area contributed by atoms with Crippen LogP contribution in [-0.2, 0) is 11.3 Å². The van der Waals surface area contributed by atoms with Crippen molar-refractivity contribution in [1.29, 1.82) is 5.26 Å². The molecule has 3 rings (SSSR count). The topological polar surface area (TPSA) is 70.1 Å². The maximum absolute atomic E-state index is 13.6. The van der Waals surface area contributed by atoms with Crippen molar-refractivity contribution in [2.24, 2.45) is 5.73 Å². The lowest BCUT2D eigenvalue weighted by Gasteiger charge is -2.21.